The number of hydrogen-bond acceptors (Lipinski definition) is 12. The molecule has 4 atom stereocenters. The fourth-order valence-corrected chi connectivity index (χ4v) is 9.49. The summed E-state index contributed by atoms with van der Waals surface area (Å²) in [6, 6.07) is -2.73. The van der Waals surface area contributed by atoms with Crippen molar-refractivity contribution in [1.82, 2.24) is 16.0 Å². The van der Waals surface area contributed by atoms with Crippen molar-refractivity contribution in [2.24, 2.45) is 23.7 Å². The van der Waals surface area contributed by atoms with Crippen LogP contribution >= 0.6 is 0 Å². The van der Waals surface area contributed by atoms with Gasteiger partial charge in [-0.05, 0) is 83.5 Å². The number of nitrogens with one attached hydrogen (secondary N) is 3. The van der Waals surface area contributed by atoms with Gasteiger partial charge in [-0.1, -0.05) is 89.9 Å². The lowest BCUT2D eigenvalue weighted by atomic mass is 9.78. The normalized spacial score (nSPS) is 15.9. The van der Waals surface area contributed by atoms with Crippen molar-refractivity contribution in [3.05, 3.63) is 0 Å². The van der Waals surface area contributed by atoms with Crippen LogP contribution in [0.1, 0.15) is 225 Å². The van der Waals surface area contributed by atoms with E-state index in [4.69, 9.17) is 9.84 Å². The topological polar surface area (TPSA) is 334 Å². The highest BCUT2D eigenvalue weighted by atomic mass is 16.5. The van der Waals surface area contributed by atoms with E-state index >= 15 is 0 Å². The molecule has 20 heteroatoms. The lowest BCUT2D eigenvalue weighted by molar-refractivity contribution is -0.145. The number of carbonyl (C=O) groups excluding carboxylic acids is 6. The van der Waals surface area contributed by atoms with Gasteiger partial charge in [0.15, 0.2) is 11.6 Å². The first-order valence-electron chi connectivity index (χ1n) is 27.9. The number of hydrogen-bond donors (Lipinski definition) is 8. The van der Waals surface area contributed by atoms with E-state index in [2.05, 4.69) is 16.0 Å². The first-order chi connectivity index (χ1) is 35.8. The van der Waals surface area contributed by atoms with Gasteiger partial charge in [0, 0.05) is 89.4 Å². The Morgan fingerprint density at radius 2 is 0.907 bits per heavy atom. The van der Waals surface area contributed by atoms with Gasteiger partial charge < -0.3 is 46.2 Å². The predicted molar refractivity (Wildman–Crippen MR) is 278 cm³/mol. The summed E-state index contributed by atoms with van der Waals surface area (Å²) >= 11 is 0. The zero-order valence-corrected chi connectivity index (χ0v) is 44.8. The smallest absolute Gasteiger partial charge is 0.306 e. The maximum atomic E-state index is 13.6. The molecule has 0 aromatic carbocycles. The highest BCUT2D eigenvalue weighted by Gasteiger charge is 2.33. The average Bonchev–Trinajstić information content (AvgIpc) is 3.36. The highest BCUT2D eigenvalue weighted by Crippen LogP contribution is 2.31. The molecule has 1 rings (SSSR count). The molecule has 1 fully saturated rings. The summed E-state index contributed by atoms with van der Waals surface area (Å²) in [7, 11) is 0. The van der Waals surface area contributed by atoms with Gasteiger partial charge in [-0.25, -0.2) is 0 Å². The molecule has 0 radical (unpaired) electrons. The summed E-state index contributed by atoms with van der Waals surface area (Å²) in [5.41, 5.74) is 0. The third-order valence-corrected chi connectivity index (χ3v) is 14.1. The molecule has 428 valence electrons. The van der Waals surface area contributed by atoms with Crippen LogP contribution in [0.15, 0.2) is 0 Å². The molecule has 1 saturated carbocycles. The lowest BCUT2D eigenvalue weighted by Crippen LogP contribution is -2.46. The second-order valence-corrected chi connectivity index (χ2v) is 20.4. The van der Waals surface area contributed by atoms with Gasteiger partial charge in [0.2, 0.25) is 17.7 Å². The Morgan fingerprint density at radius 3 is 1.39 bits per heavy atom. The van der Waals surface area contributed by atoms with Crippen LogP contribution in [0.2, 0.25) is 0 Å². The summed E-state index contributed by atoms with van der Waals surface area (Å²) in [4.78, 5) is 136. The lowest BCUT2D eigenvalue weighted by Gasteiger charge is -2.28. The van der Waals surface area contributed by atoms with E-state index in [0.717, 1.165) is 38.5 Å². The fourth-order valence-electron chi connectivity index (χ4n) is 9.49. The van der Waals surface area contributed by atoms with Crippen LogP contribution in [0.4, 0.5) is 0 Å². The van der Waals surface area contributed by atoms with Crippen molar-refractivity contribution >= 4 is 64.9 Å². The van der Waals surface area contributed by atoms with Crippen LogP contribution in [-0.4, -0.2) is 122 Å². The molecule has 75 heavy (non-hydrogen) atoms. The number of carboxylic acid groups (broad SMARTS) is 5. The van der Waals surface area contributed by atoms with Crippen LogP contribution in [-0.2, 0) is 57.5 Å². The van der Waals surface area contributed by atoms with E-state index in [-0.39, 0.29) is 68.7 Å². The first kappa shape index (κ1) is 67.7. The number of Topliss-reactive ketones (excluding diaryl/α,β-unsaturated/α-hetero) is 3. The summed E-state index contributed by atoms with van der Waals surface area (Å²) in [6.45, 7) is 2.93. The third kappa shape index (κ3) is 35.6. The van der Waals surface area contributed by atoms with Crippen molar-refractivity contribution in [1.29, 1.82) is 0 Å². The highest BCUT2D eigenvalue weighted by molar-refractivity contribution is 5.95. The van der Waals surface area contributed by atoms with Crippen LogP contribution < -0.4 is 16.0 Å². The van der Waals surface area contributed by atoms with Crippen molar-refractivity contribution in [2.75, 3.05) is 19.8 Å². The number of ketones is 3. The summed E-state index contributed by atoms with van der Waals surface area (Å²) in [6.07, 6.45) is 17.3. The molecule has 0 spiro atoms. The number of amides is 3. The number of unbranched alkanes of at least 4 members (excludes halogenated alkanes) is 15. The molecule has 20 nitrogen and oxygen atoms in total. The summed E-state index contributed by atoms with van der Waals surface area (Å²) in [5, 5.41) is 54.6. The SMILES string of the molecule is CCOCCCC(=O)[C@H](CCC(=O)O)NC(=O)[C@H](CCC(=O)O)CC(=O)[C@H](CCC(=O)O)NC(=O)CCC(CC(=O)C1CCC(CNC(=O)CCCCCCCCCCCCCCCCCCC(=O)O)CC1)C(=O)O. The Hall–Kier alpha value is -5.27. The second-order valence-electron chi connectivity index (χ2n) is 20.4. The zero-order chi connectivity index (χ0) is 55.8. The maximum Gasteiger partial charge on any atom is 0.306 e. The largest absolute Gasteiger partial charge is 0.481 e. The quantitative estimate of drug-likeness (QED) is 0.0268. The summed E-state index contributed by atoms with van der Waals surface area (Å²) in [5.74, 6) is -11.8. The molecule has 0 heterocycles. The van der Waals surface area contributed by atoms with Crippen LogP contribution in [0.5, 0.6) is 0 Å². The Labute approximate surface area is 443 Å². The van der Waals surface area contributed by atoms with E-state index in [1.807, 2.05) is 0 Å². The molecular formula is C55H91N3O17. The zero-order valence-electron chi connectivity index (χ0n) is 44.8. The Bertz CT molecular complexity index is 1760. The van der Waals surface area contributed by atoms with E-state index in [1.165, 1.54) is 64.2 Å². The van der Waals surface area contributed by atoms with Crippen molar-refractivity contribution in [3.8, 4) is 0 Å². The Balaban J connectivity index is 2.55. The van der Waals surface area contributed by atoms with Crippen LogP contribution in [0, 0.1) is 23.7 Å². The Kier molecular flexibility index (Phi) is 37.9. The van der Waals surface area contributed by atoms with Crippen LogP contribution in [0.3, 0.4) is 0 Å². The van der Waals surface area contributed by atoms with Gasteiger partial charge in [-0.15, -0.1) is 0 Å². The molecule has 0 aromatic heterocycles. The number of aliphatic carboxylic acids is 5. The van der Waals surface area contributed by atoms with Crippen molar-refractivity contribution in [3.63, 3.8) is 0 Å². The van der Waals surface area contributed by atoms with Crippen molar-refractivity contribution in [2.45, 2.75) is 237 Å². The van der Waals surface area contributed by atoms with Gasteiger partial charge in [-0.3, -0.25) is 52.7 Å². The minimum Gasteiger partial charge on any atom is -0.481 e. The van der Waals surface area contributed by atoms with Gasteiger partial charge in [0.25, 0.3) is 0 Å². The molecule has 3 amide bonds. The molecular weight excluding hydrogens is 975 g/mol. The molecule has 1 aliphatic rings. The molecule has 1 aliphatic carbocycles. The monoisotopic (exact) mass is 1070 g/mol. The fraction of sp³-hybridized carbons (Fsp3) is 0.800. The van der Waals surface area contributed by atoms with Gasteiger partial charge in [-0.2, -0.15) is 0 Å². The number of ether oxygens (including phenoxy) is 1. The number of carboxylic acids is 5. The minimum atomic E-state index is -1.47. The second kappa shape index (κ2) is 41.9. The molecule has 0 aromatic rings. The average molecular weight is 1070 g/mol. The molecule has 8 N–H and O–H groups in total. The first-order valence-corrected chi connectivity index (χ1v) is 27.9. The minimum absolute atomic E-state index is 0.0127. The van der Waals surface area contributed by atoms with Gasteiger partial charge in [0.1, 0.15) is 5.78 Å². The van der Waals surface area contributed by atoms with Gasteiger partial charge >= 0.3 is 29.8 Å². The molecule has 0 saturated heterocycles. The predicted octanol–water partition coefficient (Wildman–Crippen LogP) is 7.98. The number of carbonyl (C=O) groups is 11. The van der Waals surface area contributed by atoms with E-state index < -0.39 is 116 Å². The van der Waals surface area contributed by atoms with E-state index in [1.54, 1.807) is 6.92 Å². The van der Waals surface area contributed by atoms with Crippen LogP contribution in [0.25, 0.3) is 0 Å². The van der Waals surface area contributed by atoms with Gasteiger partial charge in [0.05, 0.1) is 18.0 Å². The van der Waals surface area contributed by atoms with E-state index in [0.29, 0.717) is 51.7 Å². The van der Waals surface area contributed by atoms with E-state index in [9.17, 15) is 73.2 Å². The summed E-state index contributed by atoms with van der Waals surface area (Å²) < 4.78 is 5.24. The molecule has 0 bridgehead atoms. The maximum absolute atomic E-state index is 13.6. The Morgan fingerprint density at radius 1 is 0.453 bits per heavy atom. The number of rotatable bonds is 49. The molecule has 1 unspecified atom stereocenters. The van der Waals surface area contributed by atoms with Crippen molar-refractivity contribution < 1.29 is 83.0 Å². The standard InChI is InChI=1S/C55H91N3O17/c1-2-75-35-19-20-45(59)43(29-33-52(68)69)58-54(72)41(28-32-51(66)67)36-47(61)44(30-34-53(70)71)57-49(63)31-27-42(55(73)74)37-46(60)40-25-23-39(24-26-40)38-56-48(62)21-17-15-13-11-9-7-5-3-4-6-8-10-12-14-16-18-22-50(64)65/h39-44H,2-38H2,1H3,(H,56,62)(H,57,63)(H,58,72)(H,64,65)(H,66,67)(H,68,69)(H,70,71)(H,73,74)/t39?,40?,41-,42?,43+,44+/m1/s1. The third-order valence-electron chi connectivity index (χ3n) is 14.1. The molecule has 0 aliphatic heterocycles.